The first-order valence-corrected chi connectivity index (χ1v) is 9.77. The zero-order valence-electron chi connectivity index (χ0n) is 16.5. The van der Waals surface area contributed by atoms with Gasteiger partial charge in [-0.2, -0.15) is 5.10 Å². The quantitative estimate of drug-likeness (QED) is 0.704. The maximum Gasteiger partial charge on any atom is 0.220 e. The molecule has 5 heteroatoms. The minimum atomic E-state index is 0.0191. The summed E-state index contributed by atoms with van der Waals surface area (Å²) in [6.45, 7) is 11.5. The van der Waals surface area contributed by atoms with Crippen molar-refractivity contribution in [3.63, 3.8) is 0 Å². The van der Waals surface area contributed by atoms with Gasteiger partial charge in [-0.05, 0) is 55.9 Å². The van der Waals surface area contributed by atoms with E-state index in [0.29, 0.717) is 17.4 Å². The van der Waals surface area contributed by atoms with Gasteiger partial charge in [0.25, 0.3) is 0 Å². The van der Waals surface area contributed by atoms with Crippen LogP contribution in [0, 0.1) is 19.8 Å². The van der Waals surface area contributed by atoms with Crippen molar-refractivity contribution in [2.75, 3.05) is 0 Å². The van der Waals surface area contributed by atoms with E-state index in [0.717, 1.165) is 30.6 Å². The Morgan fingerprint density at radius 2 is 1.88 bits per heavy atom. The Kier molecular flexibility index (Phi) is 7.27. The van der Waals surface area contributed by atoms with Gasteiger partial charge in [0, 0.05) is 23.7 Å². The Bertz CT molecular complexity index is 734. The van der Waals surface area contributed by atoms with E-state index in [-0.39, 0.29) is 11.9 Å². The zero-order chi connectivity index (χ0) is 19.3. The predicted octanol–water partition coefficient (Wildman–Crippen LogP) is 5.01. The SMILES string of the molecule is CCC(NC(=O)CCc1c(C)nn(CC(C)C)c1C)c1ccc(Cl)cc1. The number of nitrogens with one attached hydrogen (secondary N) is 1. The Balaban J connectivity index is 1.98. The molecule has 2 aromatic rings. The summed E-state index contributed by atoms with van der Waals surface area (Å²) in [6.07, 6.45) is 2.04. The van der Waals surface area contributed by atoms with Crippen LogP contribution < -0.4 is 5.32 Å². The maximum absolute atomic E-state index is 12.5. The molecule has 1 amide bonds. The van der Waals surface area contributed by atoms with Crippen LogP contribution in [0.2, 0.25) is 5.02 Å². The van der Waals surface area contributed by atoms with Crippen molar-refractivity contribution in [2.45, 2.75) is 66.5 Å². The summed E-state index contributed by atoms with van der Waals surface area (Å²) in [7, 11) is 0. The standard InChI is InChI=1S/C21H30ClN3O/c1-6-20(17-7-9-18(22)10-8-17)23-21(26)12-11-19-15(4)24-25(16(19)5)13-14(2)3/h7-10,14,20H,6,11-13H2,1-5H3,(H,23,26). The lowest BCUT2D eigenvalue weighted by Crippen LogP contribution is -2.28. The lowest BCUT2D eigenvalue weighted by atomic mass is 10.0. The number of rotatable bonds is 8. The molecule has 1 aromatic carbocycles. The smallest absolute Gasteiger partial charge is 0.220 e. The third-order valence-electron chi connectivity index (χ3n) is 4.69. The molecule has 142 valence electrons. The minimum absolute atomic E-state index is 0.0191. The second-order valence-corrected chi connectivity index (χ2v) is 7.74. The summed E-state index contributed by atoms with van der Waals surface area (Å²) in [4.78, 5) is 12.5. The van der Waals surface area contributed by atoms with Gasteiger partial charge in [0.2, 0.25) is 5.91 Å². The number of carbonyl (C=O) groups is 1. The van der Waals surface area contributed by atoms with Crippen LogP contribution in [0.25, 0.3) is 0 Å². The van der Waals surface area contributed by atoms with Crippen molar-refractivity contribution in [1.29, 1.82) is 0 Å². The molecule has 1 N–H and O–H groups in total. The van der Waals surface area contributed by atoms with Crippen molar-refractivity contribution >= 4 is 17.5 Å². The molecule has 1 atom stereocenters. The van der Waals surface area contributed by atoms with Crippen LogP contribution in [0.15, 0.2) is 24.3 Å². The summed E-state index contributed by atoms with van der Waals surface area (Å²) >= 11 is 5.95. The van der Waals surface area contributed by atoms with E-state index in [1.54, 1.807) is 0 Å². The molecule has 26 heavy (non-hydrogen) atoms. The molecule has 0 spiro atoms. The van der Waals surface area contributed by atoms with E-state index in [1.807, 2.05) is 31.2 Å². The summed E-state index contributed by atoms with van der Waals surface area (Å²) in [5, 5.41) is 8.48. The van der Waals surface area contributed by atoms with Gasteiger partial charge in [-0.15, -0.1) is 0 Å². The third-order valence-corrected chi connectivity index (χ3v) is 4.94. The molecule has 0 aliphatic heterocycles. The molecule has 0 fully saturated rings. The van der Waals surface area contributed by atoms with Crippen LogP contribution in [-0.2, 0) is 17.8 Å². The molecule has 1 heterocycles. The van der Waals surface area contributed by atoms with Crippen molar-refractivity contribution in [1.82, 2.24) is 15.1 Å². The number of amides is 1. The van der Waals surface area contributed by atoms with Gasteiger partial charge in [0.05, 0.1) is 11.7 Å². The van der Waals surface area contributed by atoms with Gasteiger partial charge < -0.3 is 5.32 Å². The number of benzene rings is 1. The first-order valence-electron chi connectivity index (χ1n) is 9.39. The molecule has 0 aliphatic rings. The van der Waals surface area contributed by atoms with E-state index in [9.17, 15) is 4.79 Å². The van der Waals surface area contributed by atoms with E-state index < -0.39 is 0 Å². The van der Waals surface area contributed by atoms with Crippen LogP contribution in [0.4, 0.5) is 0 Å². The molecule has 4 nitrogen and oxygen atoms in total. The van der Waals surface area contributed by atoms with Crippen molar-refractivity contribution in [3.8, 4) is 0 Å². The number of nitrogens with zero attached hydrogens (tertiary/aromatic N) is 2. The van der Waals surface area contributed by atoms with Crippen LogP contribution >= 0.6 is 11.6 Å². The molecular formula is C21H30ClN3O. The molecule has 0 saturated heterocycles. The Hall–Kier alpha value is -1.81. The van der Waals surface area contributed by atoms with E-state index >= 15 is 0 Å². The lowest BCUT2D eigenvalue weighted by Gasteiger charge is -2.17. The monoisotopic (exact) mass is 375 g/mol. The predicted molar refractivity (Wildman–Crippen MR) is 107 cm³/mol. The largest absolute Gasteiger partial charge is 0.349 e. The average molecular weight is 376 g/mol. The molecule has 0 bridgehead atoms. The fourth-order valence-corrected chi connectivity index (χ4v) is 3.37. The molecular weight excluding hydrogens is 346 g/mol. The molecule has 0 saturated carbocycles. The highest BCUT2D eigenvalue weighted by Crippen LogP contribution is 2.20. The van der Waals surface area contributed by atoms with Gasteiger partial charge in [-0.25, -0.2) is 0 Å². The average Bonchev–Trinajstić information content (AvgIpc) is 2.84. The van der Waals surface area contributed by atoms with Crippen molar-refractivity contribution in [2.24, 2.45) is 5.92 Å². The second kappa shape index (κ2) is 9.22. The normalized spacial score (nSPS) is 12.4. The number of aromatic nitrogens is 2. The van der Waals surface area contributed by atoms with E-state index in [1.165, 1.54) is 11.3 Å². The van der Waals surface area contributed by atoms with Gasteiger partial charge >= 0.3 is 0 Å². The third kappa shape index (κ3) is 5.34. The summed E-state index contributed by atoms with van der Waals surface area (Å²) < 4.78 is 2.07. The first-order chi connectivity index (χ1) is 12.3. The number of halogens is 1. The molecule has 0 radical (unpaired) electrons. The highest BCUT2D eigenvalue weighted by molar-refractivity contribution is 6.30. The van der Waals surface area contributed by atoms with Crippen LogP contribution in [0.5, 0.6) is 0 Å². The Labute approximate surface area is 161 Å². The summed E-state index contributed by atoms with van der Waals surface area (Å²) in [6, 6.07) is 7.69. The topological polar surface area (TPSA) is 46.9 Å². The van der Waals surface area contributed by atoms with E-state index in [4.69, 9.17) is 11.6 Å². The van der Waals surface area contributed by atoms with Crippen molar-refractivity contribution in [3.05, 3.63) is 51.8 Å². The van der Waals surface area contributed by atoms with Gasteiger partial charge in [0.1, 0.15) is 0 Å². The fraction of sp³-hybridized carbons (Fsp3) is 0.524. The van der Waals surface area contributed by atoms with Crippen molar-refractivity contribution < 1.29 is 4.79 Å². The number of carbonyl (C=O) groups excluding carboxylic acids is 1. The van der Waals surface area contributed by atoms with Gasteiger partial charge in [-0.3, -0.25) is 9.48 Å². The number of hydrogen-bond acceptors (Lipinski definition) is 2. The lowest BCUT2D eigenvalue weighted by molar-refractivity contribution is -0.121. The maximum atomic E-state index is 12.5. The number of hydrogen-bond donors (Lipinski definition) is 1. The minimum Gasteiger partial charge on any atom is -0.349 e. The van der Waals surface area contributed by atoms with E-state index in [2.05, 4.69) is 42.8 Å². The van der Waals surface area contributed by atoms with Gasteiger partial charge in [0.15, 0.2) is 0 Å². The molecule has 1 unspecified atom stereocenters. The second-order valence-electron chi connectivity index (χ2n) is 7.31. The van der Waals surface area contributed by atoms with Crippen LogP contribution in [0.1, 0.15) is 62.2 Å². The summed E-state index contributed by atoms with van der Waals surface area (Å²) in [5.74, 6) is 0.621. The van der Waals surface area contributed by atoms with Crippen LogP contribution in [-0.4, -0.2) is 15.7 Å². The number of aryl methyl sites for hydroxylation is 1. The molecule has 1 aromatic heterocycles. The van der Waals surface area contributed by atoms with Gasteiger partial charge in [-0.1, -0.05) is 44.5 Å². The van der Waals surface area contributed by atoms with Crippen LogP contribution in [0.3, 0.4) is 0 Å². The summed E-state index contributed by atoms with van der Waals surface area (Å²) in [5.41, 5.74) is 4.48. The fourth-order valence-electron chi connectivity index (χ4n) is 3.24. The highest BCUT2D eigenvalue weighted by Gasteiger charge is 2.16. The Morgan fingerprint density at radius 3 is 2.46 bits per heavy atom. The zero-order valence-corrected chi connectivity index (χ0v) is 17.2. The first kappa shape index (κ1) is 20.5. The highest BCUT2D eigenvalue weighted by atomic mass is 35.5. The molecule has 0 aliphatic carbocycles. The Morgan fingerprint density at radius 1 is 1.23 bits per heavy atom. The molecule has 2 rings (SSSR count).